The fourth-order valence-electron chi connectivity index (χ4n) is 1.72. The molecule has 2 N–H and O–H groups in total. The van der Waals surface area contributed by atoms with Crippen molar-refractivity contribution in [2.75, 3.05) is 16.3 Å². The molecule has 0 spiro atoms. The standard InChI is InChI=1S/C14H13BrN2O3S/c1-21(19,20)17-13-9-5-4-8-12(13)16-14(18)10-6-2-3-7-11(10)15/h2-9,17H,1H3,(H,16,18). The number of sulfonamides is 1. The highest BCUT2D eigenvalue weighted by Crippen LogP contribution is 2.24. The summed E-state index contributed by atoms with van der Waals surface area (Å²) >= 11 is 3.31. The van der Waals surface area contributed by atoms with E-state index >= 15 is 0 Å². The molecule has 0 saturated heterocycles. The first kappa shape index (κ1) is 15.5. The molecular formula is C14H13BrN2O3S. The number of rotatable bonds is 4. The topological polar surface area (TPSA) is 75.3 Å². The van der Waals surface area contributed by atoms with E-state index in [1.54, 1.807) is 48.5 Å². The van der Waals surface area contributed by atoms with Gasteiger partial charge in [0.05, 0.1) is 23.2 Å². The Labute approximate surface area is 131 Å². The molecule has 110 valence electrons. The smallest absolute Gasteiger partial charge is 0.256 e. The van der Waals surface area contributed by atoms with Gasteiger partial charge in [0.1, 0.15) is 0 Å². The number of carbonyl (C=O) groups excluding carboxylic acids is 1. The summed E-state index contributed by atoms with van der Waals surface area (Å²) < 4.78 is 25.7. The Kier molecular flexibility index (Phi) is 4.64. The third-order valence-electron chi connectivity index (χ3n) is 2.59. The van der Waals surface area contributed by atoms with Crippen molar-refractivity contribution in [1.29, 1.82) is 0 Å². The molecule has 0 radical (unpaired) electrons. The van der Waals surface area contributed by atoms with Gasteiger partial charge in [0, 0.05) is 4.47 Å². The summed E-state index contributed by atoms with van der Waals surface area (Å²) in [6, 6.07) is 13.6. The first-order chi connectivity index (χ1) is 9.87. The Balaban J connectivity index is 2.28. The zero-order chi connectivity index (χ0) is 15.5. The Morgan fingerprint density at radius 2 is 1.57 bits per heavy atom. The molecule has 21 heavy (non-hydrogen) atoms. The lowest BCUT2D eigenvalue weighted by Gasteiger charge is -2.12. The molecule has 2 aromatic rings. The lowest BCUT2D eigenvalue weighted by Crippen LogP contribution is -2.16. The molecule has 0 aliphatic heterocycles. The van der Waals surface area contributed by atoms with Crippen molar-refractivity contribution in [3.05, 3.63) is 58.6 Å². The summed E-state index contributed by atoms with van der Waals surface area (Å²) in [6.07, 6.45) is 1.05. The molecule has 5 nitrogen and oxygen atoms in total. The molecule has 0 fully saturated rings. The minimum Gasteiger partial charge on any atom is -0.320 e. The quantitative estimate of drug-likeness (QED) is 0.870. The van der Waals surface area contributed by atoms with Gasteiger partial charge >= 0.3 is 0 Å². The number of para-hydroxylation sites is 2. The van der Waals surface area contributed by atoms with Crippen LogP contribution in [0.25, 0.3) is 0 Å². The van der Waals surface area contributed by atoms with E-state index in [-0.39, 0.29) is 5.91 Å². The predicted octanol–water partition coefficient (Wildman–Crippen LogP) is 3.07. The molecule has 2 aromatic carbocycles. The molecule has 0 aliphatic rings. The SMILES string of the molecule is CS(=O)(=O)Nc1ccccc1NC(=O)c1ccccc1Br. The van der Waals surface area contributed by atoms with E-state index in [1.807, 2.05) is 0 Å². The fraction of sp³-hybridized carbons (Fsp3) is 0.0714. The predicted molar refractivity (Wildman–Crippen MR) is 87.0 cm³/mol. The summed E-state index contributed by atoms with van der Waals surface area (Å²) in [5.74, 6) is -0.328. The number of benzene rings is 2. The van der Waals surface area contributed by atoms with Crippen LogP contribution >= 0.6 is 15.9 Å². The molecule has 1 amide bonds. The summed E-state index contributed by atoms with van der Waals surface area (Å²) in [5, 5.41) is 2.69. The molecule has 0 aromatic heterocycles. The van der Waals surface area contributed by atoms with Crippen LogP contribution < -0.4 is 10.0 Å². The molecule has 0 aliphatic carbocycles. The van der Waals surface area contributed by atoms with Crippen LogP contribution in [0.4, 0.5) is 11.4 Å². The van der Waals surface area contributed by atoms with Gasteiger partial charge in [0.15, 0.2) is 0 Å². The Morgan fingerprint density at radius 3 is 2.19 bits per heavy atom. The average Bonchev–Trinajstić information content (AvgIpc) is 2.40. The van der Waals surface area contributed by atoms with E-state index < -0.39 is 10.0 Å². The van der Waals surface area contributed by atoms with Gasteiger partial charge in [-0.15, -0.1) is 0 Å². The van der Waals surface area contributed by atoms with Crippen LogP contribution in [0.3, 0.4) is 0 Å². The Morgan fingerprint density at radius 1 is 1.00 bits per heavy atom. The van der Waals surface area contributed by atoms with Gasteiger partial charge in [-0.1, -0.05) is 24.3 Å². The second-order valence-corrected chi connectivity index (χ2v) is 6.96. The summed E-state index contributed by atoms with van der Waals surface area (Å²) in [7, 11) is -3.42. The number of hydrogen-bond acceptors (Lipinski definition) is 3. The monoisotopic (exact) mass is 368 g/mol. The van der Waals surface area contributed by atoms with Crippen molar-refractivity contribution in [3.63, 3.8) is 0 Å². The van der Waals surface area contributed by atoms with Crippen molar-refractivity contribution in [2.45, 2.75) is 0 Å². The van der Waals surface area contributed by atoms with E-state index in [1.165, 1.54) is 0 Å². The van der Waals surface area contributed by atoms with Crippen LogP contribution in [0.5, 0.6) is 0 Å². The van der Waals surface area contributed by atoms with Crippen molar-refractivity contribution in [3.8, 4) is 0 Å². The highest BCUT2D eigenvalue weighted by molar-refractivity contribution is 9.10. The molecule has 0 saturated carbocycles. The van der Waals surface area contributed by atoms with Gasteiger partial charge in [-0.05, 0) is 40.2 Å². The molecule has 7 heteroatoms. The van der Waals surface area contributed by atoms with Gasteiger partial charge < -0.3 is 5.32 Å². The van der Waals surface area contributed by atoms with Crippen LogP contribution in [0, 0.1) is 0 Å². The maximum Gasteiger partial charge on any atom is 0.256 e. The van der Waals surface area contributed by atoms with Crippen molar-refractivity contribution < 1.29 is 13.2 Å². The Hall–Kier alpha value is -1.86. The maximum absolute atomic E-state index is 12.2. The fourth-order valence-corrected chi connectivity index (χ4v) is 2.76. The summed E-state index contributed by atoms with van der Waals surface area (Å²) in [5.41, 5.74) is 1.18. The van der Waals surface area contributed by atoms with Gasteiger partial charge in [-0.2, -0.15) is 0 Å². The number of nitrogens with one attached hydrogen (secondary N) is 2. The van der Waals surface area contributed by atoms with Crippen molar-refractivity contribution in [1.82, 2.24) is 0 Å². The highest BCUT2D eigenvalue weighted by Gasteiger charge is 2.13. The highest BCUT2D eigenvalue weighted by atomic mass is 79.9. The number of amides is 1. The van der Waals surface area contributed by atoms with Crippen molar-refractivity contribution >= 4 is 43.2 Å². The van der Waals surface area contributed by atoms with Gasteiger partial charge in [-0.3, -0.25) is 9.52 Å². The normalized spacial score (nSPS) is 11.0. The third-order valence-corrected chi connectivity index (χ3v) is 3.87. The van der Waals surface area contributed by atoms with Crippen LogP contribution in [0.15, 0.2) is 53.0 Å². The first-order valence-corrected chi connectivity index (χ1v) is 8.68. The van der Waals surface area contributed by atoms with E-state index in [0.717, 1.165) is 6.26 Å². The zero-order valence-electron chi connectivity index (χ0n) is 11.1. The lowest BCUT2D eigenvalue weighted by molar-refractivity contribution is 0.102. The van der Waals surface area contributed by atoms with Gasteiger partial charge in [0.25, 0.3) is 5.91 Å². The molecule has 0 unspecified atom stereocenters. The minimum atomic E-state index is -3.42. The van der Waals surface area contributed by atoms with Crippen molar-refractivity contribution in [2.24, 2.45) is 0 Å². The molecule has 0 atom stereocenters. The van der Waals surface area contributed by atoms with E-state index in [2.05, 4.69) is 26.0 Å². The van der Waals surface area contributed by atoms with E-state index in [0.29, 0.717) is 21.4 Å². The summed E-state index contributed by atoms with van der Waals surface area (Å²) in [6.45, 7) is 0. The van der Waals surface area contributed by atoms with Gasteiger partial charge in [-0.25, -0.2) is 8.42 Å². The average molecular weight is 369 g/mol. The Bertz CT molecular complexity index is 775. The van der Waals surface area contributed by atoms with Crippen LogP contribution in [0.1, 0.15) is 10.4 Å². The molecule has 0 heterocycles. The lowest BCUT2D eigenvalue weighted by atomic mass is 10.2. The number of halogens is 1. The van der Waals surface area contributed by atoms with Crippen LogP contribution in [-0.2, 0) is 10.0 Å². The minimum absolute atomic E-state index is 0.320. The second kappa shape index (κ2) is 6.28. The van der Waals surface area contributed by atoms with E-state index in [4.69, 9.17) is 0 Å². The number of hydrogen-bond donors (Lipinski definition) is 2. The molecule has 0 bridgehead atoms. The largest absolute Gasteiger partial charge is 0.320 e. The number of carbonyl (C=O) groups is 1. The van der Waals surface area contributed by atoms with E-state index in [9.17, 15) is 13.2 Å². The van der Waals surface area contributed by atoms with Crippen LogP contribution in [-0.4, -0.2) is 20.6 Å². The molecular weight excluding hydrogens is 356 g/mol. The second-order valence-electron chi connectivity index (χ2n) is 4.35. The van der Waals surface area contributed by atoms with Crippen LogP contribution in [0.2, 0.25) is 0 Å². The zero-order valence-corrected chi connectivity index (χ0v) is 13.5. The molecule has 2 rings (SSSR count). The third kappa shape index (κ3) is 4.30. The maximum atomic E-state index is 12.2. The number of anilines is 2. The first-order valence-electron chi connectivity index (χ1n) is 5.99. The van der Waals surface area contributed by atoms with Gasteiger partial charge in [0.2, 0.25) is 10.0 Å². The summed E-state index contributed by atoms with van der Waals surface area (Å²) in [4.78, 5) is 12.2.